The summed E-state index contributed by atoms with van der Waals surface area (Å²) in [6.07, 6.45) is 35.4. The molecule has 0 unspecified atom stereocenters. The van der Waals surface area contributed by atoms with E-state index in [9.17, 15) is 0 Å². The Morgan fingerprint density at radius 2 is 0.470 bits per heavy atom. The van der Waals surface area contributed by atoms with Gasteiger partial charge in [-0.2, -0.15) is 0 Å². The maximum atomic E-state index is 6.80. The van der Waals surface area contributed by atoms with E-state index in [2.05, 4.69) is 332 Å². The Balaban J connectivity index is 0.956. The highest BCUT2D eigenvalue weighted by Crippen LogP contribution is 2.62. The van der Waals surface area contributed by atoms with Crippen molar-refractivity contribution in [1.29, 1.82) is 0 Å². The fourth-order valence-electron chi connectivity index (χ4n) is 20.6. The van der Waals surface area contributed by atoms with Crippen LogP contribution in [0.1, 0.15) is 294 Å². The summed E-state index contributed by atoms with van der Waals surface area (Å²) in [7, 11) is 0. The van der Waals surface area contributed by atoms with Crippen LogP contribution in [-0.2, 0) is 21.7 Å². The monoisotopic (exact) mass is 1550 g/mol. The molecule has 3 aliphatic carbocycles. The summed E-state index contributed by atoms with van der Waals surface area (Å²) in [5.41, 5.74) is 30.4. The Morgan fingerprint density at radius 1 is 0.239 bits per heavy atom. The van der Waals surface area contributed by atoms with Gasteiger partial charge in [-0.3, -0.25) is 0 Å². The van der Waals surface area contributed by atoms with Crippen LogP contribution in [0.15, 0.2) is 259 Å². The van der Waals surface area contributed by atoms with Crippen molar-refractivity contribution in [2.45, 2.75) is 277 Å². The Hall–Kier alpha value is -10.0. The zero-order chi connectivity index (χ0) is 80.8. The van der Waals surface area contributed by atoms with Gasteiger partial charge in [0, 0.05) is 78.6 Å². The molecule has 0 bridgehead atoms. The number of hydrogen-bond acceptors (Lipinski definition) is 6. The summed E-state index contributed by atoms with van der Waals surface area (Å²) < 4.78 is 6.80. The Morgan fingerprint density at radius 3 is 0.726 bits per heavy atom. The first-order valence-electron chi connectivity index (χ1n) is 45.8. The number of fused-ring (bicyclic) bond motifs is 9. The zero-order valence-corrected chi connectivity index (χ0v) is 72.1. The van der Waals surface area contributed by atoms with Crippen LogP contribution in [0.5, 0.6) is 0 Å². The third-order valence-corrected chi connectivity index (χ3v) is 26.8. The van der Waals surface area contributed by atoms with Gasteiger partial charge in [0.15, 0.2) is 0 Å². The minimum Gasteiger partial charge on any atom is -0.416 e. The van der Waals surface area contributed by atoms with Crippen molar-refractivity contribution < 1.29 is 4.42 Å². The van der Waals surface area contributed by atoms with Crippen molar-refractivity contribution in [2.75, 3.05) is 14.7 Å². The molecule has 0 spiro atoms. The lowest BCUT2D eigenvalue weighted by molar-refractivity contribution is 0.401. The van der Waals surface area contributed by atoms with Crippen LogP contribution < -0.4 is 14.7 Å². The molecule has 0 amide bonds. The van der Waals surface area contributed by atoms with Gasteiger partial charge in [0.25, 0.3) is 0 Å². The van der Waals surface area contributed by atoms with Gasteiger partial charge in [0.2, 0.25) is 11.8 Å². The van der Waals surface area contributed by atoms with Gasteiger partial charge >= 0.3 is 0 Å². The van der Waals surface area contributed by atoms with E-state index < -0.39 is 0 Å². The molecule has 0 atom stereocenters. The maximum absolute atomic E-state index is 6.80. The molecule has 3 aliphatic rings. The molecule has 0 radical (unpaired) electrons. The lowest BCUT2D eigenvalue weighted by Crippen LogP contribution is -2.27. The number of para-hydroxylation sites is 4. The quantitative estimate of drug-likeness (QED) is 0.0356. The molecule has 1 aromatic heterocycles. The lowest BCUT2D eigenvalue weighted by atomic mass is 9.70. The molecule has 15 rings (SSSR count). The number of aromatic nitrogens is 2. The van der Waals surface area contributed by atoms with E-state index in [1.54, 1.807) is 0 Å². The van der Waals surface area contributed by atoms with E-state index in [4.69, 9.17) is 14.6 Å². The first-order chi connectivity index (χ1) is 57.4. The highest BCUT2D eigenvalue weighted by molar-refractivity contribution is 5.93. The van der Waals surface area contributed by atoms with Crippen LogP contribution in [0.2, 0.25) is 0 Å². The number of benzene rings is 11. The first-order valence-corrected chi connectivity index (χ1v) is 45.8. The van der Waals surface area contributed by atoms with E-state index in [0.717, 1.165) is 62.5 Å². The molecule has 0 fully saturated rings. The topological polar surface area (TPSA) is 48.6 Å². The first kappa shape index (κ1) is 82.1. The van der Waals surface area contributed by atoms with Crippen molar-refractivity contribution in [3.63, 3.8) is 0 Å². The molecule has 0 saturated carbocycles. The third kappa shape index (κ3) is 17.1. The van der Waals surface area contributed by atoms with Gasteiger partial charge in [-0.05, 0) is 250 Å². The van der Waals surface area contributed by atoms with Gasteiger partial charge in [-0.1, -0.05) is 338 Å². The Labute approximate surface area is 702 Å². The van der Waals surface area contributed by atoms with Crippen LogP contribution in [0.3, 0.4) is 0 Å². The predicted octanol–water partition coefficient (Wildman–Crippen LogP) is 33.7. The summed E-state index contributed by atoms with van der Waals surface area (Å²) in [6.45, 7) is 21.0. The average molecular weight is 1550 g/mol. The van der Waals surface area contributed by atoms with E-state index in [1.807, 2.05) is 0 Å². The molecule has 117 heavy (non-hydrogen) atoms. The van der Waals surface area contributed by atoms with E-state index in [0.29, 0.717) is 11.8 Å². The zero-order valence-electron chi connectivity index (χ0n) is 72.1. The molecule has 0 N–H and O–H groups in total. The predicted molar refractivity (Wildman–Crippen MR) is 499 cm³/mol. The van der Waals surface area contributed by atoms with Crippen LogP contribution in [-0.4, -0.2) is 10.2 Å². The van der Waals surface area contributed by atoms with Crippen LogP contribution in [0.4, 0.5) is 51.2 Å². The molecule has 6 nitrogen and oxygen atoms in total. The molecule has 6 heteroatoms. The summed E-state index contributed by atoms with van der Waals surface area (Å²) in [5.74, 6) is 1.12. The fraction of sp³-hybridized carbons (Fsp3) is 0.387. The second-order valence-corrected chi connectivity index (χ2v) is 35.6. The highest BCUT2D eigenvalue weighted by Gasteiger charge is 2.47. The van der Waals surface area contributed by atoms with Crippen molar-refractivity contribution in [3.8, 4) is 56.3 Å². The van der Waals surface area contributed by atoms with Crippen molar-refractivity contribution in [1.82, 2.24) is 10.2 Å². The van der Waals surface area contributed by atoms with Crippen molar-refractivity contribution in [2.24, 2.45) is 0 Å². The molecule has 0 aliphatic heterocycles. The van der Waals surface area contributed by atoms with Crippen LogP contribution >= 0.6 is 0 Å². The third-order valence-electron chi connectivity index (χ3n) is 26.8. The normalized spacial score (nSPS) is 13.7. The van der Waals surface area contributed by atoms with E-state index in [1.165, 1.54) is 265 Å². The molecule has 11 aromatic carbocycles. The summed E-state index contributed by atoms with van der Waals surface area (Å²) in [6, 6.07) is 98.8. The minimum atomic E-state index is -0.275. The Bertz CT molecular complexity index is 4890. The number of anilines is 9. The van der Waals surface area contributed by atoms with Crippen molar-refractivity contribution >= 4 is 51.2 Å². The maximum Gasteiger partial charge on any atom is 0.248 e. The highest BCUT2D eigenvalue weighted by atomic mass is 16.4. The molecule has 0 saturated heterocycles. The van der Waals surface area contributed by atoms with Gasteiger partial charge in [-0.25, -0.2) is 0 Å². The fourth-order valence-corrected chi connectivity index (χ4v) is 20.6. The van der Waals surface area contributed by atoms with Gasteiger partial charge in [0.1, 0.15) is 0 Å². The van der Waals surface area contributed by atoms with Crippen LogP contribution in [0.25, 0.3) is 56.3 Å². The van der Waals surface area contributed by atoms with Crippen molar-refractivity contribution in [3.05, 3.63) is 294 Å². The summed E-state index contributed by atoms with van der Waals surface area (Å²) in [4.78, 5) is 7.75. The Kier molecular flexibility index (Phi) is 26.4. The summed E-state index contributed by atoms with van der Waals surface area (Å²) in [5, 5.41) is 9.64. The molecule has 12 aromatic rings. The van der Waals surface area contributed by atoms with E-state index in [-0.39, 0.29) is 21.7 Å². The largest absolute Gasteiger partial charge is 0.416 e. The number of nitrogens with zero attached hydrogens (tertiary/aromatic N) is 5. The summed E-state index contributed by atoms with van der Waals surface area (Å²) >= 11 is 0. The number of rotatable bonds is 41. The molecular formula is C111H129N5O. The standard InChI is InChI=1S/C111H129N5O/c1-10-16-22-40-70-109(71-41-23-17-11-2)100-76-83(107-113-112-106(117-107)82-54-57-84(58-55-82)108(7,8)9)56-64-94(100)95-67-61-91(79-101(95)109)116(92-62-68-98-96-65-59-89(114(85-46-32-28-33-47-85)86-48-34-29-35-49-86)77-102(96)110(104(98)80-92,72-42-24-18-12-3)73-43-25-19-13-4)93-63-69-99-97-66-60-90(115(87-50-36-30-37-51-87)88-52-38-31-39-53-88)78-103(97)111(105(99)81-93,74-44-26-20-14-5)75-45-27-21-15-6/h28-39,46-69,76-81H,10-27,40-45,70-75H2,1-9H3. The average Bonchev–Trinajstić information content (AvgIpc) is 1.56. The van der Waals surface area contributed by atoms with Gasteiger partial charge in [-0.15, -0.1) is 10.2 Å². The van der Waals surface area contributed by atoms with E-state index >= 15 is 0 Å². The SMILES string of the molecule is CCCCCCC1(CCCCCC)c2cc(-c3nnc(-c4ccc(C(C)(C)C)cc4)o3)ccc2-c2ccc(N(c3ccc4c(c3)C(CCCCCC)(CCCCCC)c3cc(N(c5ccccc5)c5ccccc5)ccc3-4)c3ccc4c(c3)C(CCCCCC)(CCCCCC)c3cc(N(c5ccccc5)c5ccccc5)ccc3-4)cc21. The van der Waals surface area contributed by atoms with Gasteiger partial charge in [0.05, 0.1) is 0 Å². The second kappa shape index (κ2) is 37.7. The smallest absolute Gasteiger partial charge is 0.248 e. The number of hydrogen-bond donors (Lipinski definition) is 0. The number of unbranched alkanes of at least 4 members (excludes halogenated alkanes) is 18. The molecular weight excluding hydrogens is 1420 g/mol. The second-order valence-electron chi connectivity index (χ2n) is 35.6. The molecule has 604 valence electrons. The minimum absolute atomic E-state index is 0.0345. The lowest BCUT2D eigenvalue weighted by Gasteiger charge is -2.36. The van der Waals surface area contributed by atoms with Crippen LogP contribution in [0, 0.1) is 0 Å². The molecule has 1 heterocycles. The van der Waals surface area contributed by atoms with Gasteiger partial charge < -0.3 is 19.1 Å².